The molecule has 0 aliphatic heterocycles. The summed E-state index contributed by atoms with van der Waals surface area (Å²) in [6, 6.07) is 6.42. The van der Waals surface area contributed by atoms with Gasteiger partial charge < -0.3 is 0 Å². The summed E-state index contributed by atoms with van der Waals surface area (Å²) in [5.41, 5.74) is 0.960. The molecule has 0 unspecified atom stereocenters. The maximum absolute atomic E-state index is 12.2. The van der Waals surface area contributed by atoms with Crippen molar-refractivity contribution in [2.75, 3.05) is 11.1 Å². The second-order valence-electron chi connectivity index (χ2n) is 5.22. The molecule has 0 atom stereocenters. The molecule has 0 aliphatic rings. The van der Waals surface area contributed by atoms with Crippen molar-refractivity contribution in [3.63, 3.8) is 0 Å². The van der Waals surface area contributed by atoms with Gasteiger partial charge in [0.25, 0.3) is 0 Å². The molecule has 1 heterocycles. The van der Waals surface area contributed by atoms with Gasteiger partial charge in [-0.3, -0.25) is 10.1 Å². The van der Waals surface area contributed by atoms with Gasteiger partial charge in [-0.1, -0.05) is 42.4 Å². The molecule has 0 saturated carbocycles. The molecule has 8 heteroatoms. The first-order chi connectivity index (χ1) is 10.9. The molecule has 0 spiro atoms. The Morgan fingerprint density at radius 2 is 1.91 bits per heavy atom. The molecule has 6 nitrogen and oxygen atoms in total. The predicted molar refractivity (Wildman–Crippen MR) is 90.4 cm³/mol. The van der Waals surface area contributed by atoms with Crippen LogP contribution in [0.15, 0.2) is 29.2 Å². The van der Waals surface area contributed by atoms with Crippen molar-refractivity contribution in [1.82, 2.24) is 10.2 Å². The topological polar surface area (TPSA) is 89.0 Å². The van der Waals surface area contributed by atoms with Gasteiger partial charge in [0, 0.05) is 6.42 Å². The van der Waals surface area contributed by atoms with E-state index in [4.69, 9.17) is 0 Å². The maximum atomic E-state index is 12.2. The van der Waals surface area contributed by atoms with Crippen molar-refractivity contribution in [3.8, 4) is 0 Å². The fraction of sp³-hybridized carbons (Fsp3) is 0.400. The van der Waals surface area contributed by atoms with Crippen LogP contribution < -0.4 is 5.32 Å². The van der Waals surface area contributed by atoms with Gasteiger partial charge >= 0.3 is 0 Å². The number of rotatable bonds is 7. The van der Waals surface area contributed by atoms with Crippen LogP contribution in [0.2, 0.25) is 0 Å². The number of carbonyl (C=O) groups excluding carboxylic acids is 1. The standard InChI is InChI=1S/C15H19N3O3S2/c1-3-4-5-14-17-18-15(22-14)16-13(19)10-23(20,21)12-8-6-11(2)7-9-12/h6-9H,3-5,10H2,1-2H3,(H,16,18,19). The molecule has 1 aromatic heterocycles. The lowest BCUT2D eigenvalue weighted by Crippen LogP contribution is -2.23. The monoisotopic (exact) mass is 353 g/mol. The van der Waals surface area contributed by atoms with E-state index in [-0.39, 0.29) is 4.90 Å². The van der Waals surface area contributed by atoms with E-state index in [0.717, 1.165) is 29.8 Å². The highest BCUT2D eigenvalue weighted by Crippen LogP contribution is 2.18. The fourth-order valence-electron chi connectivity index (χ4n) is 1.89. The average molecular weight is 353 g/mol. The molecule has 0 fully saturated rings. The lowest BCUT2D eigenvalue weighted by Gasteiger charge is -2.04. The summed E-state index contributed by atoms with van der Waals surface area (Å²) in [5, 5.41) is 11.5. The second kappa shape index (κ2) is 7.65. The minimum atomic E-state index is -3.66. The summed E-state index contributed by atoms with van der Waals surface area (Å²) in [7, 11) is -3.66. The van der Waals surface area contributed by atoms with Gasteiger partial charge in [0.1, 0.15) is 10.8 Å². The summed E-state index contributed by atoms with van der Waals surface area (Å²) in [5.74, 6) is -1.22. The number of hydrogen-bond donors (Lipinski definition) is 1. The number of aryl methyl sites for hydroxylation is 2. The summed E-state index contributed by atoms with van der Waals surface area (Å²) < 4.78 is 24.4. The number of aromatic nitrogens is 2. The molecular weight excluding hydrogens is 334 g/mol. The van der Waals surface area contributed by atoms with Crippen molar-refractivity contribution < 1.29 is 13.2 Å². The number of hydrogen-bond acceptors (Lipinski definition) is 6. The molecule has 0 bridgehead atoms. The van der Waals surface area contributed by atoms with Crippen molar-refractivity contribution in [3.05, 3.63) is 34.8 Å². The molecule has 1 aromatic carbocycles. The first-order valence-electron chi connectivity index (χ1n) is 7.32. The van der Waals surface area contributed by atoms with E-state index < -0.39 is 21.5 Å². The highest BCUT2D eigenvalue weighted by atomic mass is 32.2. The molecular formula is C15H19N3O3S2. The highest BCUT2D eigenvalue weighted by Gasteiger charge is 2.20. The molecule has 0 aliphatic carbocycles. The SMILES string of the molecule is CCCCc1nnc(NC(=O)CS(=O)(=O)c2ccc(C)cc2)s1. The van der Waals surface area contributed by atoms with E-state index in [1.807, 2.05) is 6.92 Å². The molecule has 2 aromatic rings. The van der Waals surface area contributed by atoms with Crippen LogP contribution in [0.5, 0.6) is 0 Å². The number of carbonyl (C=O) groups is 1. The molecule has 1 amide bonds. The first-order valence-corrected chi connectivity index (χ1v) is 9.79. The van der Waals surface area contributed by atoms with E-state index in [0.29, 0.717) is 5.13 Å². The van der Waals surface area contributed by atoms with E-state index in [1.165, 1.54) is 23.5 Å². The Morgan fingerprint density at radius 3 is 2.57 bits per heavy atom. The minimum Gasteiger partial charge on any atom is -0.300 e. The third kappa shape index (κ3) is 5.11. The summed E-state index contributed by atoms with van der Waals surface area (Å²) in [6.07, 6.45) is 2.87. The number of unbranched alkanes of at least 4 members (excludes halogenated alkanes) is 1. The van der Waals surface area contributed by atoms with Crippen LogP contribution in [-0.2, 0) is 21.1 Å². The van der Waals surface area contributed by atoms with Gasteiger partial charge in [0.2, 0.25) is 11.0 Å². The van der Waals surface area contributed by atoms with Crippen LogP contribution in [-0.4, -0.2) is 30.3 Å². The van der Waals surface area contributed by atoms with E-state index in [1.54, 1.807) is 12.1 Å². The van der Waals surface area contributed by atoms with Gasteiger partial charge in [-0.25, -0.2) is 8.42 Å². The number of nitrogens with one attached hydrogen (secondary N) is 1. The van der Waals surface area contributed by atoms with Gasteiger partial charge in [-0.15, -0.1) is 10.2 Å². The summed E-state index contributed by atoms with van der Waals surface area (Å²) in [4.78, 5) is 12.1. The zero-order valence-corrected chi connectivity index (χ0v) is 14.7. The normalized spacial score (nSPS) is 11.4. The third-order valence-electron chi connectivity index (χ3n) is 3.16. The van der Waals surface area contributed by atoms with Crippen LogP contribution in [0.4, 0.5) is 5.13 Å². The molecule has 0 radical (unpaired) electrons. The third-order valence-corrected chi connectivity index (χ3v) is 5.69. The number of nitrogens with zero attached hydrogens (tertiary/aromatic N) is 2. The van der Waals surface area contributed by atoms with Gasteiger partial charge in [-0.2, -0.15) is 0 Å². The van der Waals surface area contributed by atoms with Crippen LogP contribution in [0.3, 0.4) is 0 Å². The summed E-state index contributed by atoms with van der Waals surface area (Å²) >= 11 is 1.28. The number of benzene rings is 1. The Bertz CT molecular complexity index is 768. The predicted octanol–water partition coefficient (Wildman–Crippen LogP) is 2.60. The second-order valence-corrected chi connectivity index (χ2v) is 8.28. The Kier molecular flexibility index (Phi) is 5.84. The van der Waals surface area contributed by atoms with Crippen LogP contribution in [0, 0.1) is 6.92 Å². The number of amides is 1. The molecule has 23 heavy (non-hydrogen) atoms. The van der Waals surface area contributed by atoms with Crippen LogP contribution >= 0.6 is 11.3 Å². The molecule has 124 valence electrons. The fourth-order valence-corrected chi connectivity index (χ4v) is 3.82. The van der Waals surface area contributed by atoms with E-state index >= 15 is 0 Å². The van der Waals surface area contributed by atoms with E-state index in [2.05, 4.69) is 22.4 Å². The van der Waals surface area contributed by atoms with E-state index in [9.17, 15) is 13.2 Å². The molecule has 0 saturated heterocycles. The van der Waals surface area contributed by atoms with Crippen LogP contribution in [0.25, 0.3) is 0 Å². The van der Waals surface area contributed by atoms with Gasteiger partial charge in [0.15, 0.2) is 9.84 Å². The maximum Gasteiger partial charge on any atom is 0.241 e. The molecule has 1 N–H and O–H groups in total. The van der Waals surface area contributed by atoms with Crippen molar-refractivity contribution in [2.24, 2.45) is 0 Å². The Morgan fingerprint density at radius 1 is 1.22 bits per heavy atom. The highest BCUT2D eigenvalue weighted by molar-refractivity contribution is 7.92. The Hall–Kier alpha value is -1.80. The smallest absolute Gasteiger partial charge is 0.241 e. The number of anilines is 1. The first kappa shape index (κ1) is 17.6. The Labute approximate surface area is 139 Å². The molecule has 2 rings (SSSR count). The zero-order chi connectivity index (χ0) is 16.9. The number of sulfone groups is 1. The van der Waals surface area contributed by atoms with Crippen LogP contribution in [0.1, 0.15) is 30.3 Å². The zero-order valence-electron chi connectivity index (χ0n) is 13.1. The average Bonchev–Trinajstić information content (AvgIpc) is 2.92. The lowest BCUT2D eigenvalue weighted by atomic mass is 10.2. The van der Waals surface area contributed by atoms with Gasteiger partial charge in [-0.05, 0) is 25.5 Å². The summed E-state index contributed by atoms with van der Waals surface area (Å²) in [6.45, 7) is 3.95. The van der Waals surface area contributed by atoms with Crippen molar-refractivity contribution >= 4 is 32.2 Å². The largest absolute Gasteiger partial charge is 0.300 e. The van der Waals surface area contributed by atoms with Crippen molar-refractivity contribution in [1.29, 1.82) is 0 Å². The quantitative estimate of drug-likeness (QED) is 0.826. The minimum absolute atomic E-state index is 0.138. The lowest BCUT2D eigenvalue weighted by molar-refractivity contribution is -0.113. The van der Waals surface area contributed by atoms with Gasteiger partial charge in [0.05, 0.1) is 4.90 Å². The Balaban J connectivity index is 1.98. The van der Waals surface area contributed by atoms with Crippen molar-refractivity contribution in [2.45, 2.75) is 38.0 Å².